The number of aromatic nitrogens is 2. The SMILES string of the molecule is N#Cc1c(-c2ccc(-c3nc4ccccc4s3)o2)cc2n(c1=N)CCc1cc3c(cc1-2)OCO3. The third kappa shape index (κ3) is 2.74. The molecular weight excluding hydrogens is 448 g/mol. The predicted molar refractivity (Wildman–Crippen MR) is 127 cm³/mol. The number of benzene rings is 2. The van der Waals surface area contributed by atoms with Gasteiger partial charge in [-0.3, -0.25) is 5.41 Å². The van der Waals surface area contributed by atoms with Crippen LogP contribution in [0.4, 0.5) is 0 Å². The number of pyridine rings is 1. The van der Waals surface area contributed by atoms with E-state index < -0.39 is 0 Å². The molecule has 0 spiro atoms. The summed E-state index contributed by atoms with van der Waals surface area (Å²) in [6.45, 7) is 0.826. The zero-order chi connectivity index (χ0) is 22.8. The van der Waals surface area contributed by atoms with Crippen LogP contribution in [-0.4, -0.2) is 16.3 Å². The number of nitriles is 1. The number of furan rings is 1. The van der Waals surface area contributed by atoms with E-state index in [9.17, 15) is 5.26 Å². The molecule has 0 amide bonds. The van der Waals surface area contributed by atoms with Gasteiger partial charge in [-0.2, -0.15) is 5.26 Å². The first-order valence-electron chi connectivity index (χ1n) is 10.8. The molecule has 0 atom stereocenters. The summed E-state index contributed by atoms with van der Waals surface area (Å²) in [5.41, 5.74) is 4.95. The van der Waals surface area contributed by atoms with Crippen LogP contribution in [0, 0.1) is 16.7 Å². The summed E-state index contributed by atoms with van der Waals surface area (Å²) in [5, 5.41) is 19.5. The van der Waals surface area contributed by atoms with Crippen LogP contribution in [0.25, 0.3) is 43.6 Å². The lowest BCUT2D eigenvalue weighted by atomic mass is 9.94. The second kappa shape index (κ2) is 7.07. The maximum absolute atomic E-state index is 9.93. The highest BCUT2D eigenvalue weighted by Crippen LogP contribution is 2.42. The molecular formula is C26H16N4O3S. The summed E-state index contributed by atoms with van der Waals surface area (Å²) < 4.78 is 20.3. The standard InChI is InChI=1S/C26H16N4O3S/c27-12-17-16(20-5-6-21(33-20)26-29-18-3-1-2-4-24(18)34-26)10-19-15-11-23-22(31-13-32-23)9-14(15)7-8-30(19)25(17)28/h1-6,9-11,28H,7-8,13H2. The summed E-state index contributed by atoms with van der Waals surface area (Å²) in [4.78, 5) is 4.68. The number of aryl methyl sites for hydroxylation is 1. The molecule has 3 aromatic heterocycles. The molecule has 5 aromatic rings. The van der Waals surface area contributed by atoms with Crippen molar-refractivity contribution < 1.29 is 13.9 Å². The van der Waals surface area contributed by atoms with Gasteiger partial charge in [-0.1, -0.05) is 12.1 Å². The Balaban J connectivity index is 1.39. The molecule has 5 heterocycles. The van der Waals surface area contributed by atoms with Crippen molar-refractivity contribution >= 4 is 21.6 Å². The maximum Gasteiger partial charge on any atom is 0.231 e. The molecule has 0 fully saturated rings. The molecule has 7 nitrogen and oxygen atoms in total. The molecule has 2 aromatic carbocycles. The molecule has 0 radical (unpaired) electrons. The first-order valence-corrected chi connectivity index (χ1v) is 11.6. The van der Waals surface area contributed by atoms with Crippen molar-refractivity contribution in [2.24, 2.45) is 0 Å². The van der Waals surface area contributed by atoms with Crippen molar-refractivity contribution in [2.45, 2.75) is 13.0 Å². The zero-order valence-electron chi connectivity index (χ0n) is 17.8. The Hall–Kier alpha value is -4.35. The van der Waals surface area contributed by atoms with Gasteiger partial charge < -0.3 is 18.5 Å². The molecule has 2 aliphatic rings. The summed E-state index contributed by atoms with van der Waals surface area (Å²) in [6.07, 6.45) is 0.752. The van der Waals surface area contributed by atoms with Crippen molar-refractivity contribution in [3.8, 4) is 50.9 Å². The van der Waals surface area contributed by atoms with E-state index in [0.717, 1.165) is 44.2 Å². The van der Waals surface area contributed by atoms with Gasteiger partial charge in [0.25, 0.3) is 0 Å². The van der Waals surface area contributed by atoms with Gasteiger partial charge in [-0.05, 0) is 54.4 Å². The van der Waals surface area contributed by atoms with Gasteiger partial charge in [-0.15, -0.1) is 11.3 Å². The van der Waals surface area contributed by atoms with E-state index in [-0.39, 0.29) is 17.8 Å². The Labute approximate surface area is 197 Å². The van der Waals surface area contributed by atoms with Crippen LogP contribution in [0.5, 0.6) is 11.5 Å². The molecule has 0 saturated carbocycles. The minimum absolute atomic E-state index is 0.177. The summed E-state index contributed by atoms with van der Waals surface area (Å²) >= 11 is 1.56. The van der Waals surface area contributed by atoms with E-state index in [0.29, 0.717) is 29.4 Å². The number of nitrogens with zero attached hydrogens (tertiary/aromatic N) is 3. The first kappa shape index (κ1) is 19.1. The fraction of sp³-hybridized carbons (Fsp3) is 0.115. The van der Waals surface area contributed by atoms with Gasteiger partial charge in [0.1, 0.15) is 22.9 Å². The van der Waals surface area contributed by atoms with Crippen LogP contribution in [-0.2, 0) is 13.0 Å². The second-order valence-corrected chi connectivity index (χ2v) is 9.22. The average molecular weight is 465 g/mol. The Morgan fingerprint density at radius 2 is 1.82 bits per heavy atom. The highest BCUT2D eigenvalue weighted by molar-refractivity contribution is 7.21. The Morgan fingerprint density at radius 1 is 1.00 bits per heavy atom. The third-order valence-corrected chi connectivity index (χ3v) is 7.37. The zero-order valence-corrected chi connectivity index (χ0v) is 18.6. The predicted octanol–water partition coefficient (Wildman–Crippen LogP) is 5.33. The van der Waals surface area contributed by atoms with E-state index in [1.165, 1.54) is 0 Å². The van der Waals surface area contributed by atoms with Crippen molar-refractivity contribution in [3.05, 3.63) is 71.2 Å². The second-order valence-electron chi connectivity index (χ2n) is 8.19. The number of fused-ring (bicyclic) bond motifs is 5. The largest absolute Gasteiger partial charge is 0.454 e. The van der Waals surface area contributed by atoms with Gasteiger partial charge in [0.2, 0.25) is 6.79 Å². The Kier molecular flexibility index (Phi) is 3.98. The average Bonchev–Trinajstić information content (AvgIpc) is 3.61. The maximum atomic E-state index is 9.93. The molecule has 164 valence electrons. The van der Waals surface area contributed by atoms with Gasteiger partial charge in [-0.25, -0.2) is 4.98 Å². The van der Waals surface area contributed by atoms with Crippen LogP contribution >= 0.6 is 11.3 Å². The number of nitrogens with one attached hydrogen (secondary N) is 1. The van der Waals surface area contributed by atoms with Crippen molar-refractivity contribution in [1.29, 1.82) is 10.7 Å². The quantitative estimate of drug-likeness (QED) is 0.381. The number of hydrogen-bond donors (Lipinski definition) is 1. The summed E-state index contributed by atoms with van der Waals surface area (Å²) in [5.74, 6) is 2.62. The molecule has 0 aliphatic carbocycles. The van der Waals surface area contributed by atoms with Crippen molar-refractivity contribution in [3.63, 3.8) is 0 Å². The lowest BCUT2D eigenvalue weighted by Crippen LogP contribution is -2.28. The number of para-hydroxylation sites is 1. The molecule has 1 N–H and O–H groups in total. The topological polar surface area (TPSA) is 97.1 Å². The molecule has 2 aliphatic heterocycles. The monoisotopic (exact) mass is 464 g/mol. The van der Waals surface area contributed by atoms with Crippen molar-refractivity contribution in [2.75, 3.05) is 6.79 Å². The highest BCUT2D eigenvalue weighted by atomic mass is 32.1. The lowest BCUT2D eigenvalue weighted by molar-refractivity contribution is 0.174. The molecule has 8 heteroatoms. The number of rotatable bonds is 2. The summed E-state index contributed by atoms with van der Waals surface area (Å²) in [7, 11) is 0. The van der Waals surface area contributed by atoms with Crippen LogP contribution in [0.15, 0.2) is 59.0 Å². The molecule has 0 saturated heterocycles. The normalized spacial score (nSPS) is 13.5. The van der Waals surface area contributed by atoms with Crippen LogP contribution in [0.3, 0.4) is 0 Å². The Bertz CT molecular complexity index is 1700. The van der Waals surface area contributed by atoms with Crippen molar-refractivity contribution in [1.82, 2.24) is 9.55 Å². The van der Waals surface area contributed by atoms with E-state index >= 15 is 0 Å². The minimum atomic E-state index is 0.177. The number of ether oxygens (including phenoxy) is 2. The van der Waals surface area contributed by atoms with Gasteiger partial charge in [0, 0.05) is 17.7 Å². The van der Waals surface area contributed by atoms with Crippen LogP contribution < -0.4 is 15.0 Å². The van der Waals surface area contributed by atoms with E-state index in [1.54, 1.807) is 11.3 Å². The summed E-state index contributed by atoms with van der Waals surface area (Å²) in [6, 6.07) is 19.8. The minimum Gasteiger partial charge on any atom is -0.454 e. The van der Waals surface area contributed by atoms with Gasteiger partial charge >= 0.3 is 0 Å². The van der Waals surface area contributed by atoms with Crippen LogP contribution in [0.2, 0.25) is 0 Å². The van der Waals surface area contributed by atoms with E-state index in [1.807, 2.05) is 59.2 Å². The van der Waals surface area contributed by atoms with Gasteiger partial charge in [0.15, 0.2) is 22.3 Å². The molecule has 7 rings (SSSR count). The first-order chi connectivity index (χ1) is 16.7. The lowest BCUT2D eigenvalue weighted by Gasteiger charge is -2.24. The Morgan fingerprint density at radius 3 is 2.68 bits per heavy atom. The fourth-order valence-corrected chi connectivity index (χ4v) is 5.60. The highest BCUT2D eigenvalue weighted by Gasteiger charge is 2.25. The third-order valence-electron chi connectivity index (χ3n) is 6.31. The number of thiazole rings is 1. The molecule has 34 heavy (non-hydrogen) atoms. The van der Waals surface area contributed by atoms with E-state index in [4.69, 9.17) is 19.3 Å². The molecule has 0 bridgehead atoms. The smallest absolute Gasteiger partial charge is 0.231 e. The van der Waals surface area contributed by atoms with E-state index in [2.05, 4.69) is 11.1 Å². The van der Waals surface area contributed by atoms with Crippen LogP contribution in [0.1, 0.15) is 11.1 Å². The van der Waals surface area contributed by atoms with Gasteiger partial charge in [0.05, 0.1) is 15.9 Å². The molecule has 0 unspecified atom stereocenters. The number of hydrogen-bond acceptors (Lipinski definition) is 7. The fourth-order valence-electron chi connectivity index (χ4n) is 4.67.